The first-order valence-electron chi connectivity index (χ1n) is 10.1. The van der Waals surface area contributed by atoms with E-state index in [4.69, 9.17) is 21.1 Å². The van der Waals surface area contributed by atoms with Crippen LogP contribution in [0.5, 0.6) is 11.5 Å². The van der Waals surface area contributed by atoms with Gasteiger partial charge in [-0.25, -0.2) is 4.68 Å². The number of nitrogens with zero attached hydrogens (tertiary/aromatic N) is 2. The molecule has 3 rings (SSSR count). The summed E-state index contributed by atoms with van der Waals surface area (Å²) in [5.74, 6) is 0.793. The highest BCUT2D eigenvalue weighted by Crippen LogP contribution is 2.36. The minimum atomic E-state index is -0.377. The molecule has 1 amide bonds. The SMILES string of the molecule is CCOc1c(Cl)cc(CNC(=O)c2nn(CC(C)C)c(=O)c3ccccc23)cc1OC. The van der Waals surface area contributed by atoms with Crippen molar-refractivity contribution < 1.29 is 14.3 Å². The third-order valence-corrected chi connectivity index (χ3v) is 4.93. The molecule has 0 aliphatic rings. The van der Waals surface area contributed by atoms with Crippen LogP contribution in [0, 0.1) is 5.92 Å². The number of aromatic nitrogens is 2. The number of methoxy groups -OCH3 is 1. The van der Waals surface area contributed by atoms with E-state index in [1.807, 2.05) is 20.8 Å². The van der Waals surface area contributed by atoms with E-state index < -0.39 is 0 Å². The van der Waals surface area contributed by atoms with Gasteiger partial charge in [0.2, 0.25) is 0 Å². The van der Waals surface area contributed by atoms with Crippen molar-refractivity contribution in [2.45, 2.75) is 33.9 Å². The second-order valence-electron chi connectivity index (χ2n) is 7.50. The monoisotopic (exact) mass is 443 g/mol. The summed E-state index contributed by atoms with van der Waals surface area (Å²) in [7, 11) is 1.53. The first kappa shape index (κ1) is 22.6. The topological polar surface area (TPSA) is 82.5 Å². The second-order valence-corrected chi connectivity index (χ2v) is 7.91. The highest BCUT2D eigenvalue weighted by atomic mass is 35.5. The molecule has 0 spiro atoms. The number of hydrogen-bond acceptors (Lipinski definition) is 5. The summed E-state index contributed by atoms with van der Waals surface area (Å²) < 4.78 is 12.2. The lowest BCUT2D eigenvalue weighted by molar-refractivity contribution is 0.0945. The molecular weight excluding hydrogens is 418 g/mol. The van der Waals surface area contributed by atoms with Gasteiger partial charge in [-0.15, -0.1) is 0 Å². The highest BCUT2D eigenvalue weighted by molar-refractivity contribution is 6.32. The molecule has 2 aromatic carbocycles. The van der Waals surface area contributed by atoms with E-state index in [1.165, 1.54) is 11.8 Å². The van der Waals surface area contributed by atoms with Crippen LogP contribution in [0.25, 0.3) is 10.8 Å². The van der Waals surface area contributed by atoms with Gasteiger partial charge in [-0.1, -0.05) is 43.6 Å². The Labute approximate surface area is 185 Å². The van der Waals surface area contributed by atoms with Crippen LogP contribution >= 0.6 is 11.6 Å². The molecule has 0 saturated carbocycles. The third-order valence-electron chi connectivity index (χ3n) is 4.65. The Bertz CT molecular complexity index is 1160. The standard InChI is InChI=1S/C23H26ClN3O4/c1-5-31-21-18(24)10-15(11-19(21)30-4)12-25-22(28)20-16-8-6-7-9-17(16)23(29)27(26-20)13-14(2)3/h6-11,14H,5,12-13H2,1-4H3,(H,25,28). The van der Waals surface area contributed by atoms with Gasteiger partial charge in [-0.3, -0.25) is 9.59 Å². The van der Waals surface area contributed by atoms with E-state index in [9.17, 15) is 9.59 Å². The van der Waals surface area contributed by atoms with Gasteiger partial charge in [0.05, 0.1) is 24.1 Å². The maximum Gasteiger partial charge on any atom is 0.274 e. The number of ether oxygens (including phenoxy) is 2. The van der Waals surface area contributed by atoms with Gasteiger partial charge in [0.25, 0.3) is 11.5 Å². The number of fused-ring (bicyclic) bond motifs is 1. The Balaban J connectivity index is 1.91. The van der Waals surface area contributed by atoms with Crippen LogP contribution in [0.4, 0.5) is 0 Å². The number of carbonyl (C=O) groups is 1. The van der Waals surface area contributed by atoms with Crippen molar-refractivity contribution >= 4 is 28.3 Å². The van der Waals surface area contributed by atoms with E-state index in [0.29, 0.717) is 40.4 Å². The zero-order chi connectivity index (χ0) is 22.5. The first-order valence-corrected chi connectivity index (χ1v) is 10.5. The summed E-state index contributed by atoms with van der Waals surface area (Å²) in [6.07, 6.45) is 0. The van der Waals surface area contributed by atoms with E-state index in [2.05, 4.69) is 10.4 Å². The van der Waals surface area contributed by atoms with Gasteiger partial charge >= 0.3 is 0 Å². The molecule has 0 saturated heterocycles. The first-order chi connectivity index (χ1) is 14.8. The van der Waals surface area contributed by atoms with Crippen molar-refractivity contribution in [3.63, 3.8) is 0 Å². The lowest BCUT2D eigenvalue weighted by Gasteiger charge is -2.14. The molecule has 0 atom stereocenters. The van der Waals surface area contributed by atoms with Crippen LogP contribution < -0.4 is 20.3 Å². The van der Waals surface area contributed by atoms with E-state index >= 15 is 0 Å². The normalized spacial score (nSPS) is 11.0. The summed E-state index contributed by atoms with van der Waals surface area (Å²) >= 11 is 6.32. The fourth-order valence-corrected chi connectivity index (χ4v) is 3.59. The van der Waals surface area contributed by atoms with E-state index in [0.717, 1.165) is 5.56 Å². The summed E-state index contributed by atoms with van der Waals surface area (Å²) in [5.41, 5.74) is 0.752. The molecule has 1 N–H and O–H groups in total. The lowest BCUT2D eigenvalue weighted by Crippen LogP contribution is -2.31. The molecule has 31 heavy (non-hydrogen) atoms. The number of amides is 1. The molecule has 7 nitrogen and oxygen atoms in total. The largest absolute Gasteiger partial charge is 0.493 e. The molecule has 1 aromatic heterocycles. The quantitative estimate of drug-likeness (QED) is 0.568. The molecule has 1 heterocycles. The fraction of sp³-hybridized carbons (Fsp3) is 0.348. The van der Waals surface area contributed by atoms with Crippen molar-refractivity contribution in [1.29, 1.82) is 0 Å². The Kier molecular flexibility index (Phi) is 7.17. The molecule has 164 valence electrons. The number of halogens is 1. The molecule has 3 aromatic rings. The smallest absolute Gasteiger partial charge is 0.274 e. The maximum absolute atomic E-state index is 13.0. The lowest BCUT2D eigenvalue weighted by atomic mass is 10.1. The zero-order valence-corrected chi connectivity index (χ0v) is 18.8. The molecule has 0 aliphatic carbocycles. The Hall–Kier alpha value is -3.06. The van der Waals surface area contributed by atoms with Gasteiger partial charge in [-0.05, 0) is 36.6 Å². The van der Waals surface area contributed by atoms with Gasteiger partial charge in [-0.2, -0.15) is 5.10 Å². The molecule has 0 aliphatic heterocycles. The molecule has 0 bridgehead atoms. The van der Waals surface area contributed by atoms with Crippen molar-refractivity contribution in [3.05, 3.63) is 63.0 Å². The number of benzene rings is 2. The zero-order valence-electron chi connectivity index (χ0n) is 18.1. The molecular formula is C23H26ClN3O4. The Morgan fingerprint density at radius 3 is 2.58 bits per heavy atom. The summed E-state index contributed by atoms with van der Waals surface area (Å²) in [6, 6.07) is 10.5. The average molecular weight is 444 g/mol. The van der Waals surface area contributed by atoms with Crippen LogP contribution in [0.3, 0.4) is 0 Å². The fourth-order valence-electron chi connectivity index (χ4n) is 3.30. The Morgan fingerprint density at radius 2 is 1.94 bits per heavy atom. The minimum absolute atomic E-state index is 0.205. The summed E-state index contributed by atoms with van der Waals surface area (Å²) in [5, 5.41) is 8.62. The van der Waals surface area contributed by atoms with Gasteiger partial charge in [0, 0.05) is 18.5 Å². The number of carbonyl (C=O) groups excluding carboxylic acids is 1. The van der Waals surface area contributed by atoms with Crippen molar-refractivity contribution in [1.82, 2.24) is 15.1 Å². The molecule has 8 heteroatoms. The van der Waals surface area contributed by atoms with Crippen LogP contribution in [-0.4, -0.2) is 29.4 Å². The van der Waals surface area contributed by atoms with Gasteiger partial charge in [0.1, 0.15) is 0 Å². The minimum Gasteiger partial charge on any atom is -0.493 e. The van der Waals surface area contributed by atoms with Crippen LogP contribution in [0.2, 0.25) is 5.02 Å². The van der Waals surface area contributed by atoms with Crippen molar-refractivity contribution in [2.75, 3.05) is 13.7 Å². The average Bonchev–Trinajstić information content (AvgIpc) is 2.75. The van der Waals surface area contributed by atoms with E-state index in [1.54, 1.807) is 36.4 Å². The molecule has 0 fully saturated rings. The van der Waals surface area contributed by atoms with Crippen LogP contribution in [-0.2, 0) is 13.1 Å². The predicted octanol–water partition coefficient (Wildman–Crippen LogP) is 4.04. The second kappa shape index (κ2) is 9.83. The van der Waals surface area contributed by atoms with Gasteiger partial charge < -0.3 is 14.8 Å². The van der Waals surface area contributed by atoms with Crippen molar-refractivity contribution in [2.24, 2.45) is 5.92 Å². The van der Waals surface area contributed by atoms with Crippen molar-refractivity contribution in [3.8, 4) is 11.5 Å². The summed E-state index contributed by atoms with van der Waals surface area (Å²) in [4.78, 5) is 25.8. The van der Waals surface area contributed by atoms with Crippen LogP contribution in [0.1, 0.15) is 36.8 Å². The highest BCUT2D eigenvalue weighted by Gasteiger charge is 2.18. The van der Waals surface area contributed by atoms with E-state index in [-0.39, 0.29) is 29.6 Å². The maximum atomic E-state index is 13.0. The predicted molar refractivity (Wildman–Crippen MR) is 121 cm³/mol. The summed E-state index contributed by atoms with van der Waals surface area (Å²) in [6.45, 7) is 6.94. The van der Waals surface area contributed by atoms with Gasteiger partial charge in [0.15, 0.2) is 17.2 Å². The number of rotatable bonds is 8. The number of hydrogen-bond donors (Lipinski definition) is 1. The van der Waals surface area contributed by atoms with Crippen LogP contribution in [0.15, 0.2) is 41.2 Å². The Morgan fingerprint density at radius 1 is 1.23 bits per heavy atom. The number of nitrogens with one attached hydrogen (secondary N) is 1. The third kappa shape index (κ3) is 4.99. The molecule has 0 radical (unpaired) electrons. The molecule has 0 unspecified atom stereocenters.